The minimum absolute atomic E-state index is 0.727. The Hall–Kier alpha value is -1.74. The summed E-state index contributed by atoms with van der Waals surface area (Å²) in [6.07, 6.45) is 2.49. The highest BCUT2D eigenvalue weighted by atomic mass is 16.5. The van der Waals surface area contributed by atoms with E-state index in [0.29, 0.717) is 0 Å². The fourth-order valence-electron chi connectivity index (χ4n) is 2.46. The molecule has 1 aromatic heterocycles. The Morgan fingerprint density at radius 3 is 2.89 bits per heavy atom. The van der Waals surface area contributed by atoms with Crippen LogP contribution in [0.5, 0.6) is 0 Å². The quantitative estimate of drug-likeness (QED) is 0.610. The lowest BCUT2D eigenvalue weighted by atomic mass is 10.1. The van der Waals surface area contributed by atoms with Crippen molar-refractivity contribution < 1.29 is 4.74 Å². The molecule has 0 spiro atoms. The normalized spacial score (nSPS) is 10.8. The van der Waals surface area contributed by atoms with E-state index < -0.39 is 0 Å². The fraction of sp³-hybridized carbons (Fsp3) is 0.375. The van der Waals surface area contributed by atoms with Crippen LogP contribution in [0.3, 0.4) is 0 Å². The molecule has 19 heavy (non-hydrogen) atoms. The predicted molar refractivity (Wildman–Crippen MR) is 80.1 cm³/mol. The Labute approximate surface area is 114 Å². The van der Waals surface area contributed by atoms with Crippen molar-refractivity contribution in [2.24, 2.45) is 7.05 Å². The van der Waals surface area contributed by atoms with Gasteiger partial charge in [-0.05, 0) is 31.5 Å². The summed E-state index contributed by atoms with van der Waals surface area (Å²) in [5.74, 6) is 0. The van der Waals surface area contributed by atoms with Crippen molar-refractivity contribution >= 4 is 10.9 Å². The molecule has 1 heterocycles. The van der Waals surface area contributed by atoms with E-state index in [1.54, 1.807) is 0 Å². The lowest BCUT2D eigenvalue weighted by molar-refractivity contribution is 0.244. The van der Waals surface area contributed by atoms with Crippen molar-refractivity contribution in [2.75, 3.05) is 13.2 Å². The maximum Gasteiger partial charge on any atom is 0.0885 e. The highest BCUT2D eigenvalue weighted by Gasteiger charge is 2.10. The molecule has 3 nitrogen and oxygen atoms in total. The summed E-state index contributed by atoms with van der Waals surface area (Å²) in [4.78, 5) is 0. The SMILES string of the molecule is C=COCCCNCc1c(C)c2ccccc2n1C. The Morgan fingerprint density at radius 2 is 2.16 bits per heavy atom. The second-order valence-corrected chi connectivity index (χ2v) is 4.72. The van der Waals surface area contributed by atoms with Crippen LogP contribution in [-0.2, 0) is 18.3 Å². The van der Waals surface area contributed by atoms with Gasteiger partial charge in [0.2, 0.25) is 0 Å². The van der Waals surface area contributed by atoms with Crippen molar-refractivity contribution in [1.82, 2.24) is 9.88 Å². The third-order valence-electron chi connectivity index (χ3n) is 3.53. The summed E-state index contributed by atoms with van der Waals surface area (Å²) >= 11 is 0. The van der Waals surface area contributed by atoms with Gasteiger partial charge in [0.25, 0.3) is 0 Å². The maximum atomic E-state index is 5.10. The highest BCUT2D eigenvalue weighted by Crippen LogP contribution is 2.24. The molecule has 102 valence electrons. The van der Waals surface area contributed by atoms with Crippen molar-refractivity contribution in [1.29, 1.82) is 0 Å². The standard InChI is InChI=1S/C16H22N2O/c1-4-19-11-7-10-17-12-16-13(2)14-8-5-6-9-15(14)18(16)3/h4-6,8-9,17H,1,7,10-12H2,2-3H3. The Morgan fingerprint density at radius 1 is 1.37 bits per heavy atom. The zero-order valence-electron chi connectivity index (χ0n) is 11.8. The summed E-state index contributed by atoms with van der Waals surface area (Å²) in [5, 5.41) is 4.81. The van der Waals surface area contributed by atoms with Crippen LogP contribution in [0.2, 0.25) is 0 Å². The van der Waals surface area contributed by atoms with Crippen LogP contribution in [0.25, 0.3) is 10.9 Å². The van der Waals surface area contributed by atoms with Gasteiger partial charge in [0.05, 0.1) is 12.9 Å². The second-order valence-electron chi connectivity index (χ2n) is 4.72. The van der Waals surface area contributed by atoms with Crippen LogP contribution in [0.4, 0.5) is 0 Å². The number of aromatic nitrogens is 1. The number of fused-ring (bicyclic) bond motifs is 1. The van der Waals surface area contributed by atoms with Crippen molar-refractivity contribution in [3.8, 4) is 0 Å². The molecule has 0 fully saturated rings. The highest BCUT2D eigenvalue weighted by molar-refractivity contribution is 5.85. The summed E-state index contributed by atoms with van der Waals surface area (Å²) in [7, 11) is 2.13. The second kappa shape index (κ2) is 6.43. The largest absolute Gasteiger partial charge is 0.502 e. The third kappa shape index (κ3) is 2.99. The van der Waals surface area contributed by atoms with Crippen LogP contribution < -0.4 is 5.32 Å². The Bertz CT molecular complexity index is 518. The summed E-state index contributed by atoms with van der Waals surface area (Å²) in [5.41, 5.74) is 4.02. The van der Waals surface area contributed by atoms with Crippen LogP contribution >= 0.6 is 0 Å². The van der Waals surface area contributed by atoms with Gasteiger partial charge in [-0.1, -0.05) is 24.8 Å². The van der Waals surface area contributed by atoms with E-state index in [0.717, 1.165) is 26.1 Å². The van der Waals surface area contributed by atoms with E-state index in [9.17, 15) is 0 Å². The van der Waals surface area contributed by atoms with Crippen LogP contribution in [0.15, 0.2) is 37.1 Å². The molecule has 0 aliphatic carbocycles. The molecule has 0 radical (unpaired) electrons. The molecule has 0 unspecified atom stereocenters. The molecule has 0 amide bonds. The van der Waals surface area contributed by atoms with E-state index in [-0.39, 0.29) is 0 Å². The van der Waals surface area contributed by atoms with E-state index in [2.05, 4.69) is 54.7 Å². The van der Waals surface area contributed by atoms with Crippen molar-refractivity contribution in [3.63, 3.8) is 0 Å². The number of hydrogen-bond acceptors (Lipinski definition) is 2. The van der Waals surface area contributed by atoms with Gasteiger partial charge >= 0.3 is 0 Å². The number of ether oxygens (including phenoxy) is 1. The Balaban J connectivity index is 1.99. The Kier molecular flexibility index (Phi) is 4.63. The van der Waals surface area contributed by atoms with Gasteiger partial charge in [-0.2, -0.15) is 0 Å². The topological polar surface area (TPSA) is 26.2 Å². The van der Waals surface area contributed by atoms with E-state index in [1.165, 1.54) is 28.4 Å². The number of benzene rings is 1. The van der Waals surface area contributed by atoms with Crippen molar-refractivity contribution in [3.05, 3.63) is 48.4 Å². The molecular weight excluding hydrogens is 236 g/mol. The lowest BCUT2D eigenvalue weighted by Gasteiger charge is -2.08. The maximum absolute atomic E-state index is 5.10. The number of hydrogen-bond donors (Lipinski definition) is 1. The van der Waals surface area contributed by atoms with Gasteiger partial charge in [0, 0.05) is 30.2 Å². The molecule has 0 aliphatic heterocycles. The van der Waals surface area contributed by atoms with Gasteiger partial charge in [0.15, 0.2) is 0 Å². The average Bonchev–Trinajstić information content (AvgIpc) is 2.68. The number of aryl methyl sites for hydroxylation is 2. The van der Waals surface area contributed by atoms with E-state index in [4.69, 9.17) is 4.74 Å². The minimum Gasteiger partial charge on any atom is -0.502 e. The molecule has 0 atom stereocenters. The summed E-state index contributed by atoms with van der Waals surface area (Å²) < 4.78 is 7.38. The van der Waals surface area contributed by atoms with Crippen LogP contribution in [0, 0.1) is 6.92 Å². The number of rotatable bonds is 7. The number of para-hydroxylation sites is 1. The molecule has 3 heteroatoms. The predicted octanol–water partition coefficient (Wildman–Crippen LogP) is 3.13. The van der Waals surface area contributed by atoms with Crippen molar-refractivity contribution in [2.45, 2.75) is 19.9 Å². The van der Waals surface area contributed by atoms with Gasteiger partial charge in [0.1, 0.15) is 0 Å². The molecule has 2 rings (SSSR count). The van der Waals surface area contributed by atoms with Gasteiger partial charge in [-0.15, -0.1) is 0 Å². The molecule has 0 saturated heterocycles. The number of nitrogens with zero attached hydrogens (tertiary/aromatic N) is 1. The molecule has 1 aromatic carbocycles. The zero-order valence-corrected chi connectivity index (χ0v) is 11.8. The van der Waals surface area contributed by atoms with E-state index >= 15 is 0 Å². The first-order valence-electron chi connectivity index (χ1n) is 6.72. The van der Waals surface area contributed by atoms with Crippen LogP contribution in [-0.4, -0.2) is 17.7 Å². The molecule has 0 bridgehead atoms. The molecule has 2 aromatic rings. The molecule has 0 saturated carbocycles. The molecular formula is C16H22N2O. The average molecular weight is 258 g/mol. The summed E-state index contributed by atoms with van der Waals surface area (Å²) in [6, 6.07) is 8.54. The third-order valence-corrected chi connectivity index (χ3v) is 3.53. The smallest absolute Gasteiger partial charge is 0.0885 e. The fourth-order valence-corrected chi connectivity index (χ4v) is 2.46. The van der Waals surface area contributed by atoms with Gasteiger partial charge < -0.3 is 14.6 Å². The van der Waals surface area contributed by atoms with E-state index in [1.807, 2.05) is 0 Å². The first-order chi connectivity index (χ1) is 9.25. The number of nitrogens with one attached hydrogen (secondary N) is 1. The monoisotopic (exact) mass is 258 g/mol. The first kappa shape index (κ1) is 13.7. The summed E-state index contributed by atoms with van der Waals surface area (Å²) in [6.45, 7) is 8.30. The lowest BCUT2D eigenvalue weighted by Crippen LogP contribution is -2.18. The molecule has 0 aliphatic rings. The zero-order chi connectivity index (χ0) is 13.7. The van der Waals surface area contributed by atoms with Gasteiger partial charge in [-0.3, -0.25) is 0 Å². The first-order valence-corrected chi connectivity index (χ1v) is 6.72. The van der Waals surface area contributed by atoms with Crippen LogP contribution in [0.1, 0.15) is 17.7 Å². The molecule has 1 N–H and O–H groups in total. The van der Waals surface area contributed by atoms with Gasteiger partial charge in [-0.25, -0.2) is 0 Å². The minimum atomic E-state index is 0.727.